The number of aromatic carboxylic acids is 1. The first-order valence-electron chi connectivity index (χ1n) is 10.7. The van der Waals surface area contributed by atoms with Crippen molar-refractivity contribution in [2.75, 3.05) is 5.32 Å². The van der Waals surface area contributed by atoms with E-state index in [1.54, 1.807) is 72.8 Å². The minimum atomic E-state index is -1.26. The summed E-state index contributed by atoms with van der Waals surface area (Å²) in [5.41, 5.74) is 3.39. The number of nitrogens with one attached hydrogen (secondary N) is 1. The molecule has 0 atom stereocenters. The molecule has 0 aliphatic heterocycles. The number of phenols is 3. The zero-order valence-corrected chi connectivity index (χ0v) is 23.6. The molecule has 0 aromatic heterocycles. The normalized spacial score (nSPS) is 10.2. The fraction of sp³-hybridized carbons (Fsp3) is 0.0357. The van der Waals surface area contributed by atoms with Crippen LogP contribution in [0.5, 0.6) is 17.2 Å². The van der Waals surface area contributed by atoms with Gasteiger partial charge in [0, 0.05) is 17.3 Å². The van der Waals surface area contributed by atoms with Gasteiger partial charge < -0.3 is 30.5 Å². The molecule has 4 aromatic rings. The van der Waals surface area contributed by atoms with Crippen molar-refractivity contribution in [3.8, 4) is 17.2 Å². The Labute approximate surface area is 246 Å². The molecule has 0 amide bonds. The van der Waals surface area contributed by atoms with Crippen molar-refractivity contribution in [3.63, 3.8) is 0 Å². The summed E-state index contributed by atoms with van der Waals surface area (Å²) in [4.78, 5) is 11.0. The third kappa shape index (κ3) is 8.74. The molecule has 0 spiro atoms. The summed E-state index contributed by atoms with van der Waals surface area (Å²) in [6, 6.07) is 21.0. The van der Waals surface area contributed by atoms with E-state index in [0.29, 0.717) is 27.0 Å². The van der Waals surface area contributed by atoms with Crippen LogP contribution in [-0.2, 0) is 0 Å². The molecule has 0 aliphatic carbocycles. The monoisotopic (exact) mass is 545 g/mol. The van der Waals surface area contributed by atoms with Crippen LogP contribution in [-0.4, -0.2) is 21.3 Å². The summed E-state index contributed by atoms with van der Waals surface area (Å²) < 4.78 is 0. The Hall–Kier alpha value is -3.13. The van der Waals surface area contributed by atoms with Gasteiger partial charge in [-0.15, -0.1) is 0 Å². The number of para-hydroxylation sites is 1. The van der Waals surface area contributed by atoms with Crippen LogP contribution >= 0.6 is 23.2 Å². The Balaban J connectivity index is 0.000000255. The number of benzene rings is 4. The van der Waals surface area contributed by atoms with Gasteiger partial charge in [-0.3, -0.25) is 0 Å². The van der Waals surface area contributed by atoms with Crippen molar-refractivity contribution in [2.45, 2.75) is 6.92 Å². The van der Waals surface area contributed by atoms with Crippen molar-refractivity contribution in [1.29, 1.82) is 0 Å². The largest absolute Gasteiger partial charge is 1.00 e. The predicted octanol–water partition coefficient (Wildman–Crippen LogP) is 3.39. The van der Waals surface area contributed by atoms with Crippen molar-refractivity contribution in [3.05, 3.63) is 111 Å². The first kappa shape index (κ1) is 30.1. The van der Waals surface area contributed by atoms with Gasteiger partial charge in [0.25, 0.3) is 0 Å². The van der Waals surface area contributed by atoms with Crippen molar-refractivity contribution in [1.82, 2.24) is 0 Å². The van der Waals surface area contributed by atoms with Gasteiger partial charge in [-0.25, -0.2) is 0 Å². The summed E-state index contributed by atoms with van der Waals surface area (Å²) in [7, 11) is 0. The second-order valence-corrected chi connectivity index (χ2v) is 8.50. The summed E-state index contributed by atoms with van der Waals surface area (Å²) >= 11 is 12.2. The number of carbonyl (C=O) groups is 1. The van der Waals surface area contributed by atoms with Crippen LogP contribution in [0, 0.1) is 6.92 Å². The minimum Gasteiger partial charge on any atom is -0.545 e. The molecule has 0 radical (unpaired) electrons. The molecular formula is C28H22Cl2NNaO5. The number of anilines is 2. The maximum atomic E-state index is 11.0. The van der Waals surface area contributed by atoms with E-state index in [0.717, 1.165) is 11.1 Å². The molecule has 0 aliphatic rings. The average Bonchev–Trinajstić information content (AvgIpc) is 2.84. The number of carboxylic acid groups (broad SMARTS) is 1. The Morgan fingerprint density at radius 2 is 1.41 bits per heavy atom. The fourth-order valence-electron chi connectivity index (χ4n) is 3.17. The fourth-order valence-corrected chi connectivity index (χ4v) is 3.63. The van der Waals surface area contributed by atoms with E-state index in [-0.39, 0.29) is 52.4 Å². The van der Waals surface area contributed by atoms with Gasteiger partial charge in [-0.2, -0.15) is 0 Å². The summed E-state index contributed by atoms with van der Waals surface area (Å²) in [6.07, 6.45) is 3.60. The number of carbonyl (C=O) groups excluding carboxylic acids is 1. The molecular weight excluding hydrogens is 524 g/mol. The van der Waals surface area contributed by atoms with Gasteiger partial charge in [0.1, 0.15) is 17.2 Å². The van der Waals surface area contributed by atoms with Gasteiger partial charge in [-0.05, 0) is 60.0 Å². The Bertz CT molecular complexity index is 1390. The van der Waals surface area contributed by atoms with E-state index in [9.17, 15) is 20.1 Å². The third-order valence-corrected chi connectivity index (χ3v) is 5.78. The van der Waals surface area contributed by atoms with E-state index in [4.69, 9.17) is 28.3 Å². The Kier molecular flexibility index (Phi) is 11.4. The molecule has 4 aromatic carbocycles. The van der Waals surface area contributed by atoms with Crippen LogP contribution in [0.15, 0.2) is 78.9 Å². The number of aryl methyl sites for hydroxylation is 1. The summed E-state index contributed by atoms with van der Waals surface area (Å²) in [6.45, 7) is 1.84. The minimum absolute atomic E-state index is 0. The molecule has 4 rings (SSSR count). The van der Waals surface area contributed by atoms with Gasteiger partial charge >= 0.3 is 29.6 Å². The van der Waals surface area contributed by atoms with E-state index in [2.05, 4.69) is 5.32 Å². The average molecular weight is 546 g/mol. The standard InChI is InChI=1S/C14H11Cl2NO2.C14H12O3.Na/c1-8-6-7-10(15)13(12(8)16)17-11-5-3-2-4-9(11)14(18)19;15-12-5-3-10(4-6-12)1-2-11-7-13(16)9-14(17)8-11;/h2-7,17H,1H3,(H,18,19);1-9,15-17H;/q;;+1/p-1. The number of hydrogen-bond donors (Lipinski definition) is 4. The van der Waals surface area contributed by atoms with Crippen molar-refractivity contribution in [2.24, 2.45) is 0 Å². The van der Waals surface area contributed by atoms with Crippen LogP contribution in [0.4, 0.5) is 11.4 Å². The van der Waals surface area contributed by atoms with E-state index in [1.807, 2.05) is 13.0 Å². The molecule has 0 saturated carbocycles. The molecule has 9 heteroatoms. The van der Waals surface area contributed by atoms with E-state index in [1.165, 1.54) is 12.1 Å². The van der Waals surface area contributed by atoms with Crippen LogP contribution in [0.25, 0.3) is 12.2 Å². The molecule has 0 heterocycles. The number of phenolic OH excluding ortho intramolecular Hbond substituents is 3. The maximum absolute atomic E-state index is 11.0. The third-order valence-electron chi connectivity index (χ3n) is 4.98. The van der Waals surface area contributed by atoms with E-state index < -0.39 is 5.97 Å². The van der Waals surface area contributed by atoms with Crippen LogP contribution < -0.4 is 40.0 Å². The molecule has 0 bridgehead atoms. The first-order valence-corrected chi connectivity index (χ1v) is 11.4. The van der Waals surface area contributed by atoms with Crippen molar-refractivity contribution < 1.29 is 54.8 Å². The number of halogens is 2. The van der Waals surface area contributed by atoms with Crippen LogP contribution in [0.3, 0.4) is 0 Å². The smallest absolute Gasteiger partial charge is 0.545 e. The van der Waals surface area contributed by atoms with Gasteiger partial charge in [0.05, 0.1) is 21.7 Å². The zero-order valence-electron chi connectivity index (χ0n) is 20.1. The number of hydrogen-bond acceptors (Lipinski definition) is 6. The Morgan fingerprint density at radius 1 is 0.811 bits per heavy atom. The number of rotatable bonds is 5. The molecule has 4 N–H and O–H groups in total. The quantitative estimate of drug-likeness (QED) is 0.226. The SMILES string of the molecule is Cc1ccc(Cl)c(Nc2ccccc2C(=O)[O-])c1Cl.Oc1ccc(C=Cc2cc(O)cc(O)c2)cc1.[Na+]. The zero-order chi connectivity index (χ0) is 26.2. The summed E-state index contributed by atoms with van der Waals surface area (Å²) in [5.74, 6) is -0.995. The molecule has 0 unspecified atom stereocenters. The molecule has 0 saturated heterocycles. The molecule has 184 valence electrons. The number of aromatic hydroxyl groups is 3. The maximum Gasteiger partial charge on any atom is 1.00 e. The second kappa shape index (κ2) is 14.0. The van der Waals surface area contributed by atoms with Crippen LogP contribution in [0.1, 0.15) is 27.0 Å². The van der Waals surface area contributed by atoms with Gasteiger partial charge in [-0.1, -0.05) is 71.8 Å². The van der Waals surface area contributed by atoms with Gasteiger partial charge in [0.15, 0.2) is 0 Å². The Morgan fingerprint density at radius 3 is 2.03 bits per heavy atom. The van der Waals surface area contributed by atoms with Crippen LogP contribution in [0.2, 0.25) is 10.0 Å². The van der Waals surface area contributed by atoms with E-state index >= 15 is 0 Å². The molecule has 0 fully saturated rings. The van der Waals surface area contributed by atoms with Crippen molar-refractivity contribution >= 4 is 52.7 Å². The predicted molar refractivity (Wildman–Crippen MR) is 142 cm³/mol. The topological polar surface area (TPSA) is 113 Å². The first-order chi connectivity index (χ1) is 17.1. The summed E-state index contributed by atoms with van der Waals surface area (Å²) in [5, 5.41) is 42.6. The number of carboxylic acids is 1. The molecule has 6 nitrogen and oxygen atoms in total. The van der Waals surface area contributed by atoms with Gasteiger partial charge in [0.2, 0.25) is 0 Å². The molecule has 37 heavy (non-hydrogen) atoms. The second-order valence-electron chi connectivity index (χ2n) is 7.72.